The molecule has 2 amide bonds. The van der Waals surface area contributed by atoms with Crippen LogP contribution in [0.5, 0.6) is 5.75 Å². The van der Waals surface area contributed by atoms with E-state index in [0.717, 1.165) is 0 Å². The largest absolute Gasteiger partial charge is 0.482 e. The van der Waals surface area contributed by atoms with Gasteiger partial charge in [-0.3, -0.25) is 14.5 Å². The number of carbonyl (C=O) groups is 2. The smallest absolute Gasteiger partial charge is 0.265 e. The van der Waals surface area contributed by atoms with Gasteiger partial charge in [0.15, 0.2) is 6.61 Å². The van der Waals surface area contributed by atoms with E-state index in [-0.39, 0.29) is 29.8 Å². The predicted octanol–water partition coefficient (Wildman–Crippen LogP) is 1.88. The first kappa shape index (κ1) is 20.7. The molecule has 2 aromatic carbocycles. The van der Waals surface area contributed by atoms with E-state index in [2.05, 4.69) is 10.0 Å². The molecule has 8 nitrogen and oxygen atoms in total. The number of fused-ring (bicyclic) bond motifs is 1. The molecular weight excluding hydrogens is 401 g/mol. The Bertz CT molecular complexity index is 1040. The van der Waals surface area contributed by atoms with Crippen LogP contribution in [0.1, 0.15) is 13.8 Å². The maximum Gasteiger partial charge on any atom is 0.265 e. The summed E-state index contributed by atoms with van der Waals surface area (Å²) in [7, 11) is -3.73. The van der Waals surface area contributed by atoms with Crippen molar-refractivity contribution >= 4 is 33.2 Å². The van der Waals surface area contributed by atoms with Crippen LogP contribution in [-0.2, 0) is 19.6 Å². The highest BCUT2D eigenvalue weighted by molar-refractivity contribution is 7.89. The highest BCUT2D eigenvalue weighted by Crippen LogP contribution is 2.34. The van der Waals surface area contributed by atoms with Gasteiger partial charge in [0.25, 0.3) is 5.91 Å². The van der Waals surface area contributed by atoms with Gasteiger partial charge in [0.1, 0.15) is 18.1 Å². The Morgan fingerprint density at radius 1 is 1.21 bits per heavy atom. The second-order valence-electron chi connectivity index (χ2n) is 6.73. The van der Waals surface area contributed by atoms with E-state index in [0.29, 0.717) is 11.4 Å². The van der Waals surface area contributed by atoms with E-state index in [9.17, 15) is 22.4 Å². The second kappa shape index (κ2) is 8.18. The highest BCUT2D eigenvalue weighted by atomic mass is 32.2. The lowest BCUT2D eigenvalue weighted by Gasteiger charge is -2.29. The number of amides is 2. The summed E-state index contributed by atoms with van der Waals surface area (Å²) in [6.07, 6.45) is 0. The fraction of sp³-hybridized carbons (Fsp3) is 0.263. The van der Waals surface area contributed by atoms with E-state index in [1.54, 1.807) is 13.8 Å². The Morgan fingerprint density at radius 2 is 1.90 bits per heavy atom. The molecule has 0 saturated heterocycles. The van der Waals surface area contributed by atoms with Crippen LogP contribution in [0.2, 0.25) is 0 Å². The summed E-state index contributed by atoms with van der Waals surface area (Å²) in [5.74, 6) is -1.18. The van der Waals surface area contributed by atoms with Crippen molar-refractivity contribution in [2.45, 2.75) is 24.8 Å². The lowest BCUT2D eigenvalue weighted by molar-refractivity contribution is -0.123. The number of nitrogens with one attached hydrogen (secondary N) is 2. The lowest BCUT2D eigenvalue weighted by Crippen LogP contribution is -2.43. The quantitative estimate of drug-likeness (QED) is 0.741. The summed E-state index contributed by atoms with van der Waals surface area (Å²) in [5, 5.41) is 2.58. The first-order valence-electron chi connectivity index (χ1n) is 8.80. The fourth-order valence-corrected chi connectivity index (χ4v) is 4.05. The minimum absolute atomic E-state index is 0.00462. The van der Waals surface area contributed by atoms with Gasteiger partial charge in [-0.1, -0.05) is 0 Å². The molecule has 0 unspecified atom stereocenters. The van der Waals surface area contributed by atoms with Gasteiger partial charge in [-0.2, -0.15) is 0 Å². The molecule has 0 radical (unpaired) electrons. The number of anilines is 2. The Labute approximate surface area is 167 Å². The average Bonchev–Trinajstić information content (AvgIpc) is 2.64. The number of ether oxygens (including phenoxy) is 1. The molecule has 10 heteroatoms. The number of hydrogen-bond donors (Lipinski definition) is 2. The fourth-order valence-electron chi connectivity index (χ4n) is 2.78. The maximum absolute atomic E-state index is 13.0. The summed E-state index contributed by atoms with van der Waals surface area (Å²) in [4.78, 5) is 25.8. The van der Waals surface area contributed by atoms with Gasteiger partial charge in [0.05, 0.1) is 10.6 Å². The van der Waals surface area contributed by atoms with Crippen LogP contribution in [-0.4, -0.2) is 39.4 Å². The number of nitrogens with zero attached hydrogens (tertiary/aromatic N) is 1. The Balaban J connectivity index is 1.80. The van der Waals surface area contributed by atoms with Crippen LogP contribution in [0.25, 0.3) is 0 Å². The number of carbonyl (C=O) groups excluding carboxylic acids is 2. The molecule has 1 aliphatic rings. The van der Waals surface area contributed by atoms with Crippen molar-refractivity contribution in [1.29, 1.82) is 0 Å². The molecular formula is C19H20FN3O5S. The van der Waals surface area contributed by atoms with Crippen LogP contribution in [0.3, 0.4) is 0 Å². The number of halogens is 1. The third-order valence-electron chi connectivity index (χ3n) is 4.01. The zero-order chi connectivity index (χ0) is 21.2. The molecule has 2 N–H and O–H groups in total. The summed E-state index contributed by atoms with van der Waals surface area (Å²) >= 11 is 0. The van der Waals surface area contributed by atoms with E-state index >= 15 is 0 Å². The number of benzene rings is 2. The summed E-state index contributed by atoms with van der Waals surface area (Å²) in [5.41, 5.74) is 0.678. The maximum atomic E-state index is 13.0. The molecule has 2 aromatic rings. The molecule has 0 saturated carbocycles. The van der Waals surface area contributed by atoms with Gasteiger partial charge < -0.3 is 10.1 Å². The Morgan fingerprint density at radius 3 is 2.55 bits per heavy atom. The minimum atomic E-state index is -3.73. The molecule has 154 valence electrons. The zero-order valence-corrected chi connectivity index (χ0v) is 16.6. The molecule has 3 rings (SSSR count). The topological polar surface area (TPSA) is 105 Å². The number of hydrogen-bond acceptors (Lipinski definition) is 5. The summed E-state index contributed by atoms with van der Waals surface area (Å²) in [6.45, 7) is 2.78. The van der Waals surface area contributed by atoms with Crippen LogP contribution in [0, 0.1) is 5.82 Å². The standard InChI is InChI=1S/C19H20FN3O5S/c1-12(2)22-29(26,27)15-7-8-16-17(9-15)28-11-19(25)23(16)10-18(24)21-14-5-3-13(20)4-6-14/h3-9,12,22H,10-11H2,1-2H3,(H,21,24). The molecule has 0 atom stereocenters. The molecule has 0 fully saturated rings. The number of sulfonamides is 1. The van der Waals surface area contributed by atoms with Crippen molar-refractivity contribution in [2.24, 2.45) is 0 Å². The Kier molecular flexibility index (Phi) is 5.85. The van der Waals surface area contributed by atoms with Crippen LogP contribution >= 0.6 is 0 Å². The van der Waals surface area contributed by atoms with Gasteiger partial charge in [0, 0.05) is 17.8 Å². The van der Waals surface area contributed by atoms with Crippen molar-refractivity contribution in [1.82, 2.24) is 4.72 Å². The molecule has 0 aliphatic carbocycles. The normalized spacial score (nSPS) is 13.8. The first-order valence-corrected chi connectivity index (χ1v) is 10.3. The summed E-state index contributed by atoms with van der Waals surface area (Å²) in [6, 6.07) is 9.02. The SMILES string of the molecule is CC(C)NS(=O)(=O)c1ccc2c(c1)OCC(=O)N2CC(=O)Nc1ccc(F)cc1. The lowest BCUT2D eigenvalue weighted by atomic mass is 10.2. The molecule has 0 bridgehead atoms. The van der Waals surface area contributed by atoms with Crippen LogP contribution in [0.4, 0.5) is 15.8 Å². The van der Waals surface area contributed by atoms with E-state index in [1.165, 1.54) is 47.4 Å². The molecule has 1 heterocycles. The number of rotatable bonds is 6. The van der Waals surface area contributed by atoms with Crippen LogP contribution in [0.15, 0.2) is 47.4 Å². The van der Waals surface area contributed by atoms with Gasteiger partial charge in [-0.25, -0.2) is 17.5 Å². The van der Waals surface area contributed by atoms with E-state index < -0.39 is 27.7 Å². The van der Waals surface area contributed by atoms with Crippen molar-refractivity contribution in [2.75, 3.05) is 23.4 Å². The Hall–Kier alpha value is -2.98. The zero-order valence-electron chi connectivity index (χ0n) is 15.8. The predicted molar refractivity (Wildman–Crippen MR) is 105 cm³/mol. The molecule has 1 aliphatic heterocycles. The third-order valence-corrected chi connectivity index (χ3v) is 5.66. The molecule has 0 spiro atoms. The van der Waals surface area contributed by atoms with Gasteiger partial charge >= 0.3 is 0 Å². The minimum Gasteiger partial charge on any atom is -0.482 e. The van der Waals surface area contributed by atoms with Crippen molar-refractivity contribution < 1.29 is 27.1 Å². The van der Waals surface area contributed by atoms with Gasteiger partial charge in [-0.15, -0.1) is 0 Å². The third kappa shape index (κ3) is 4.90. The average molecular weight is 421 g/mol. The second-order valence-corrected chi connectivity index (χ2v) is 8.44. The van der Waals surface area contributed by atoms with E-state index in [1.807, 2.05) is 0 Å². The van der Waals surface area contributed by atoms with E-state index in [4.69, 9.17) is 4.74 Å². The highest BCUT2D eigenvalue weighted by Gasteiger charge is 2.29. The molecule has 0 aromatic heterocycles. The van der Waals surface area contributed by atoms with Gasteiger partial charge in [-0.05, 0) is 50.2 Å². The molecule has 29 heavy (non-hydrogen) atoms. The van der Waals surface area contributed by atoms with Gasteiger partial charge in [0.2, 0.25) is 15.9 Å². The van der Waals surface area contributed by atoms with Crippen LogP contribution < -0.4 is 19.7 Å². The first-order chi connectivity index (χ1) is 13.7. The van der Waals surface area contributed by atoms with Crippen molar-refractivity contribution in [3.8, 4) is 5.75 Å². The van der Waals surface area contributed by atoms with Crippen molar-refractivity contribution in [3.63, 3.8) is 0 Å². The summed E-state index contributed by atoms with van der Waals surface area (Å²) < 4.78 is 45.5. The van der Waals surface area contributed by atoms with Crippen molar-refractivity contribution in [3.05, 3.63) is 48.3 Å². The monoisotopic (exact) mass is 421 g/mol.